The lowest BCUT2D eigenvalue weighted by Crippen LogP contribution is -2.21. The van der Waals surface area contributed by atoms with Crippen LogP contribution in [0.2, 0.25) is 0 Å². The zero-order valence-electron chi connectivity index (χ0n) is 18.5. The van der Waals surface area contributed by atoms with Crippen LogP contribution in [0.25, 0.3) is 0 Å². The molecule has 8 heteroatoms. The van der Waals surface area contributed by atoms with E-state index < -0.39 is 5.60 Å². The predicted molar refractivity (Wildman–Crippen MR) is 120 cm³/mol. The molecule has 0 atom stereocenters. The van der Waals surface area contributed by atoms with E-state index in [9.17, 15) is 5.11 Å². The van der Waals surface area contributed by atoms with Crippen molar-refractivity contribution in [3.63, 3.8) is 0 Å². The Labute approximate surface area is 187 Å². The van der Waals surface area contributed by atoms with Crippen molar-refractivity contribution in [3.05, 3.63) is 54.1 Å². The van der Waals surface area contributed by atoms with Gasteiger partial charge < -0.3 is 19.9 Å². The van der Waals surface area contributed by atoms with Crippen LogP contribution in [-0.4, -0.2) is 38.1 Å². The van der Waals surface area contributed by atoms with E-state index in [4.69, 9.17) is 14.6 Å². The number of hydrogen-bond donors (Lipinski definition) is 2. The van der Waals surface area contributed by atoms with Crippen molar-refractivity contribution in [1.29, 1.82) is 0 Å². The number of anilines is 2. The maximum Gasteiger partial charge on any atom is 0.218 e. The molecule has 4 heterocycles. The van der Waals surface area contributed by atoms with Gasteiger partial charge in [0.15, 0.2) is 0 Å². The number of nitrogens with zero attached hydrogens (tertiary/aromatic N) is 4. The number of nitrogens with one attached hydrogen (secondary N) is 1. The first-order chi connectivity index (χ1) is 15.5. The molecule has 1 aliphatic heterocycles. The van der Waals surface area contributed by atoms with Gasteiger partial charge in [0, 0.05) is 49.3 Å². The van der Waals surface area contributed by atoms with E-state index >= 15 is 0 Å². The van der Waals surface area contributed by atoms with Crippen LogP contribution in [0.5, 0.6) is 11.6 Å². The summed E-state index contributed by atoms with van der Waals surface area (Å²) < 4.78 is 13.9. The molecule has 2 N–H and O–H groups in total. The van der Waals surface area contributed by atoms with Gasteiger partial charge >= 0.3 is 0 Å². The van der Waals surface area contributed by atoms with Crippen molar-refractivity contribution >= 4 is 11.5 Å². The third-order valence-electron chi connectivity index (χ3n) is 5.87. The van der Waals surface area contributed by atoms with Crippen molar-refractivity contribution < 1.29 is 14.6 Å². The fourth-order valence-corrected chi connectivity index (χ4v) is 3.90. The molecule has 1 saturated carbocycles. The molecule has 3 aromatic rings. The fourth-order valence-electron chi connectivity index (χ4n) is 3.90. The summed E-state index contributed by atoms with van der Waals surface area (Å²) in [5.74, 6) is 2.67. The SMILES string of the molecule is CC(C)(O)c1cc(Nc2cc(Oc3cc(C4CC4)nn3C3CCOCC3)ccn2)ccn1. The molecule has 8 nitrogen and oxygen atoms in total. The molecule has 0 bridgehead atoms. The van der Waals surface area contributed by atoms with Crippen LogP contribution in [0.4, 0.5) is 11.5 Å². The summed E-state index contributed by atoms with van der Waals surface area (Å²) in [4.78, 5) is 8.66. The van der Waals surface area contributed by atoms with Gasteiger partial charge in [0.05, 0.1) is 17.4 Å². The maximum absolute atomic E-state index is 10.2. The summed E-state index contributed by atoms with van der Waals surface area (Å²) in [7, 11) is 0. The van der Waals surface area contributed by atoms with Crippen molar-refractivity contribution in [2.24, 2.45) is 0 Å². The summed E-state index contributed by atoms with van der Waals surface area (Å²) in [5, 5.41) is 18.4. The number of rotatable bonds is 7. The standard InChI is InChI=1S/C24H29N5O3/c1-24(2,30)21-13-17(5-9-25-21)27-22-14-19(6-10-26-22)32-23-15-20(16-3-4-16)28-29(23)18-7-11-31-12-8-18/h5-6,9-10,13-16,18,30H,3-4,7-8,11-12H2,1-2H3,(H,25,26,27). The van der Waals surface area contributed by atoms with Gasteiger partial charge in [-0.15, -0.1) is 0 Å². The average Bonchev–Trinajstić information content (AvgIpc) is 3.55. The van der Waals surface area contributed by atoms with Gasteiger partial charge in [0.1, 0.15) is 17.2 Å². The molecule has 168 valence electrons. The van der Waals surface area contributed by atoms with Crippen molar-refractivity contribution in [2.45, 2.75) is 57.1 Å². The first kappa shape index (κ1) is 20.9. The van der Waals surface area contributed by atoms with Crippen molar-refractivity contribution in [2.75, 3.05) is 18.5 Å². The second-order valence-electron chi connectivity index (χ2n) is 9.06. The molecule has 0 radical (unpaired) electrons. The Morgan fingerprint density at radius 2 is 1.84 bits per heavy atom. The van der Waals surface area contributed by atoms with E-state index in [1.54, 1.807) is 26.2 Å². The Bertz CT molecular complexity index is 1080. The average molecular weight is 436 g/mol. The molecule has 0 amide bonds. The third-order valence-corrected chi connectivity index (χ3v) is 5.87. The van der Waals surface area contributed by atoms with Crippen molar-refractivity contribution in [1.82, 2.24) is 19.7 Å². The predicted octanol–water partition coefficient (Wildman–Crippen LogP) is 4.67. The van der Waals surface area contributed by atoms with E-state index in [0.717, 1.165) is 43.3 Å². The van der Waals surface area contributed by atoms with E-state index in [0.29, 0.717) is 29.2 Å². The molecule has 5 rings (SSSR count). The van der Waals surface area contributed by atoms with Crippen LogP contribution in [0.3, 0.4) is 0 Å². The minimum Gasteiger partial charge on any atom is -0.439 e. The lowest BCUT2D eigenvalue weighted by Gasteiger charge is -2.24. The number of hydrogen-bond acceptors (Lipinski definition) is 7. The summed E-state index contributed by atoms with van der Waals surface area (Å²) in [6, 6.07) is 9.74. The molecule has 0 aromatic carbocycles. The molecule has 1 aliphatic carbocycles. The van der Waals surface area contributed by atoms with Gasteiger partial charge in [0.25, 0.3) is 0 Å². The lowest BCUT2D eigenvalue weighted by atomic mass is 10.0. The molecular formula is C24H29N5O3. The molecule has 2 aliphatic rings. The monoisotopic (exact) mass is 435 g/mol. The smallest absolute Gasteiger partial charge is 0.218 e. The number of pyridine rings is 2. The second-order valence-corrected chi connectivity index (χ2v) is 9.06. The highest BCUT2D eigenvalue weighted by molar-refractivity contribution is 5.57. The zero-order valence-corrected chi connectivity index (χ0v) is 18.5. The number of ether oxygens (including phenoxy) is 2. The molecule has 3 aromatic heterocycles. The molecule has 0 spiro atoms. The fraction of sp³-hybridized carbons (Fsp3) is 0.458. The highest BCUT2D eigenvalue weighted by Crippen LogP contribution is 2.42. The quantitative estimate of drug-likeness (QED) is 0.557. The molecule has 2 fully saturated rings. The molecule has 32 heavy (non-hydrogen) atoms. The van der Waals surface area contributed by atoms with Gasteiger partial charge in [-0.3, -0.25) is 4.98 Å². The minimum absolute atomic E-state index is 0.294. The van der Waals surface area contributed by atoms with Crippen LogP contribution >= 0.6 is 0 Å². The van der Waals surface area contributed by atoms with Crippen LogP contribution in [0, 0.1) is 0 Å². The summed E-state index contributed by atoms with van der Waals surface area (Å²) in [6.07, 6.45) is 7.67. The minimum atomic E-state index is -1.02. The Hall–Kier alpha value is -2.97. The molecule has 1 saturated heterocycles. The Morgan fingerprint density at radius 1 is 1.06 bits per heavy atom. The normalized spacial score (nSPS) is 17.3. The first-order valence-electron chi connectivity index (χ1n) is 11.2. The van der Waals surface area contributed by atoms with E-state index in [-0.39, 0.29) is 0 Å². The van der Waals surface area contributed by atoms with Gasteiger partial charge in [-0.1, -0.05) is 0 Å². The van der Waals surface area contributed by atoms with Gasteiger partial charge in [0.2, 0.25) is 5.88 Å². The maximum atomic E-state index is 10.2. The van der Waals surface area contributed by atoms with Crippen LogP contribution in [0.1, 0.15) is 62.9 Å². The van der Waals surface area contributed by atoms with E-state index in [1.807, 2.05) is 28.9 Å². The summed E-state index contributed by atoms with van der Waals surface area (Å²) in [5.41, 5.74) is 1.49. The summed E-state index contributed by atoms with van der Waals surface area (Å²) >= 11 is 0. The third kappa shape index (κ3) is 4.76. The molecule has 0 unspecified atom stereocenters. The largest absolute Gasteiger partial charge is 0.439 e. The molecular weight excluding hydrogens is 406 g/mol. The first-order valence-corrected chi connectivity index (χ1v) is 11.2. The topological polar surface area (TPSA) is 94.3 Å². The van der Waals surface area contributed by atoms with Crippen LogP contribution < -0.4 is 10.1 Å². The Kier molecular flexibility index (Phi) is 5.57. The van der Waals surface area contributed by atoms with E-state index in [2.05, 4.69) is 21.4 Å². The van der Waals surface area contributed by atoms with Gasteiger partial charge in [-0.25, -0.2) is 9.67 Å². The zero-order chi connectivity index (χ0) is 22.1. The van der Waals surface area contributed by atoms with Crippen LogP contribution in [0.15, 0.2) is 42.7 Å². The Morgan fingerprint density at radius 3 is 2.59 bits per heavy atom. The Balaban J connectivity index is 1.36. The lowest BCUT2D eigenvalue weighted by molar-refractivity contribution is 0.0642. The van der Waals surface area contributed by atoms with Gasteiger partial charge in [-0.05, 0) is 57.7 Å². The highest BCUT2D eigenvalue weighted by Gasteiger charge is 2.30. The number of aliphatic hydroxyl groups is 1. The van der Waals surface area contributed by atoms with Gasteiger partial charge in [-0.2, -0.15) is 5.10 Å². The van der Waals surface area contributed by atoms with Crippen LogP contribution in [-0.2, 0) is 10.3 Å². The highest BCUT2D eigenvalue weighted by atomic mass is 16.5. The van der Waals surface area contributed by atoms with E-state index in [1.165, 1.54) is 12.8 Å². The summed E-state index contributed by atoms with van der Waals surface area (Å²) in [6.45, 7) is 4.93. The number of aromatic nitrogens is 4. The van der Waals surface area contributed by atoms with Crippen molar-refractivity contribution in [3.8, 4) is 11.6 Å². The second kappa shape index (κ2) is 8.52.